The van der Waals surface area contributed by atoms with Crippen LogP contribution in [-0.4, -0.2) is 9.13 Å². The molecule has 220 valence electrons. The SMILES string of the molecule is Cc1cccc(-n2c3ccccc3c3ccc(-c4ccccc4-c4cccc5c6cc(C#N)ccc6n(-c6ccccc6)c45)cc32)c1. The van der Waals surface area contributed by atoms with Crippen molar-refractivity contribution in [3.63, 3.8) is 0 Å². The third-order valence-corrected chi connectivity index (χ3v) is 9.39. The van der Waals surface area contributed by atoms with Crippen LogP contribution in [0.2, 0.25) is 0 Å². The fourth-order valence-electron chi connectivity index (χ4n) is 7.35. The van der Waals surface area contributed by atoms with Crippen LogP contribution in [0.3, 0.4) is 0 Å². The second-order valence-electron chi connectivity index (χ2n) is 12.2. The third-order valence-electron chi connectivity index (χ3n) is 9.39. The fourth-order valence-corrected chi connectivity index (χ4v) is 7.35. The maximum atomic E-state index is 9.76. The predicted molar refractivity (Wildman–Crippen MR) is 195 cm³/mol. The standard InChI is InChI=1S/C44H29N3/c1-29-11-9-14-33(25-29)46-41-20-8-7-17-36(41)37-23-22-31(27-43(37)46)34-15-5-6-16-35(34)38-18-10-19-39-40-26-30(28-45)21-24-42(40)47(44(38)39)32-12-3-2-4-13-32/h2-27H,1H3. The molecule has 0 saturated heterocycles. The molecule has 3 nitrogen and oxygen atoms in total. The van der Waals surface area contributed by atoms with E-state index in [-0.39, 0.29) is 0 Å². The van der Waals surface area contributed by atoms with E-state index in [0.29, 0.717) is 5.56 Å². The van der Waals surface area contributed by atoms with Gasteiger partial charge in [-0.25, -0.2) is 0 Å². The minimum absolute atomic E-state index is 0.660. The molecular weight excluding hydrogens is 571 g/mol. The average molecular weight is 600 g/mol. The quantitative estimate of drug-likeness (QED) is 0.198. The molecule has 0 radical (unpaired) electrons. The molecule has 0 aliphatic heterocycles. The number of benzene rings is 7. The molecule has 0 fully saturated rings. The van der Waals surface area contributed by atoms with Gasteiger partial charge in [0, 0.05) is 38.5 Å². The smallest absolute Gasteiger partial charge is 0.0991 e. The van der Waals surface area contributed by atoms with Crippen molar-refractivity contribution in [3.8, 4) is 39.7 Å². The van der Waals surface area contributed by atoms with Crippen molar-refractivity contribution in [3.05, 3.63) is 169 Å². The van der Waals surface area contributed by atoms with Gasteiger partial charge in [0.15, 0.2) is 0 Å². The minimum atomic E-state index is 0.660. The van der Waals surface area contributed by atoms with Crippen LogP contribution < -0.4 is 0 Å². The van der Waals surface area contributed by atoms with Crippen LogP contribution in [0.25, 0.3) is 77.2 Å². The summed E-state index contributed by atoms with van der Waals surface area (Å²) in [6.07, 6.45) is 0. The van der Waals surface area contributed by atoms with Gasteiger partial charge in [0.2, 0.25) is 0 Å². The van der Waals surface area contributed by atoms with Crippen LogP contribution in [0, 0.1) is 18.3 Å². The van der Waals surface area contributed by atoms with Crippen LogP contribution in [0.4, 0.5) is 0 Å². The highest BCUT2D eigenvalue weighted by molar-refractivity contribution is 6.15. The summed E-state index contributed by atoms with van der Waals surface area (Å²) in [5.74, 6) is 0. The van der Waals surface area contributed by atoms with Crippen molar-refractivity contribution in [1.29, 1.82) is 5.26 Å². The monoisotopic (exact) mass is 599 g/mol. The summed E-state index contributed by atoms with van der Waals surface area (Å²) in [6, 6.07) is 58.4. The Morgan fingerprint density at radius 2 is 1.13 bits per heavy atom. The normalized spacial score (nSPS) is 11.5. The van der Waals surface area contributed by atoms with Gasteiger partial charge >= 0.3 is 0 Å². The Kier molecular flexibility index (Phi) is 6.10. The second-order valence-corrected chi connectivity index (χ2v) is 12.2. The summed E-state index contributed by atoms with van der Waals surface area (Å²) in [7, 11) is 0. The van der Waals surface area contributed by atoms with Crippen LogP contribution in [0.5, 0.6) is 0 Å². The summed E-state index contributed by atoms with van der Waals surface area (Å²) >= 11 is 0. The van der Waals surface area contributed by atoms with E-state index in [2.05, 4.69) is 162 Å². The highest BCUT2D eigenvalue weighted by Crippen LogP contribution is 2.43. The van der Waals surface area contributed by atoms with Crippen molar-refractivity contribution in [2.45, 2.75) is 6.92 Å². The largest absolute Gasteiger partial charge is 0.309 e. The van der Waals surface area contributed by atoms with Gasteiger partial charge in [0.05, 0.1) is 33.7 Å². The number of rotatable bonds is 4. The number of fused-ring (bicyclic) bond motifs is 6. The Hall–Kier alpha value is -6.37. The van der Waals surface area contributed by atoms with Gasteiger partial charge in [-0.3, -0.25) is 0 Å². The lowest BCUT2D eigenvalue weighted by molar-refractivity contribution is 1.17. The molecule has 47 heavy (non-hydrogen) atoms. The molecule has 2 heterocycles. The Labute approximate surface area is 272 Å². The van der Waals surface area contributed by atoms with Gasteiger partial charge in [-0.15, -0.1) is 0 Å². The van der Waals surface area contributed by atoms with Crippen LogP contribution in [0.15, 0.2) is 158 Å². The number of aromatic nitrogens is 2. The Morgan fingerprint density at radius 3 is 1.98 bits per heavy atom. The van der Waals surface area contributed by atoms with E-state index in [9.17, 15) is 5.26 Å². The molecule has 7 aromatic carbocycles. The average Bonchev–Trinajstić information content (AvgIpc) is 3.64. The van der Waals surface area contributed by atoms with E-state index in [0.717, 1.165) is 49.9 Å². The van der Waals surface area contributed by atoms with Crippen molar-refractivity contribution in [2.75, 3.05) is 0 Å². The molecule has 0 atom stereocenters. The summed E-state index contributed by atoms with van der Waals surface area (Å²) in [6.45, 7) is 2.15. The Morgan fingerprint density at radius 1 is 0.447 bits per heavy atom. The molecule has 0 N–H and O–H groups in total. The third kappa shape index (κ3) is 4.20. The topological polar surface area (TPSA) is 33.6 Å². The maximum Gasteiger partial charge on any atom is 0.0991 e. The first kappa shape index (κ1) is 27.0. The number of nitrogens with zero attached hydrogens (tertiary/aromatic N) is 3. The molecule has 0 spiro atoms. The molecule has 3 heteroatoms. The zero-order chi connectivity index (χ0) is 31.5. The summed E-state index contributed by atoms with van der Waals surface area (Å²) in [4.78, 5) is 0. The summed E-state index contributed by atoms with van der Waals surface area (Å²) in [5, 5.41) is 14.4. The number of nitriles is 1. The lowest BCUT2D eigenvalue weighted by Crippen LogP contribution is -1.96. The van der Waals surface area contributed by atoms with E-state index < -0.39 is 0 Å². The number of hydrogen-bond acceptors (Lipinski definition) is 1. The zero-order valence-electron chi connectivity index (χ0n) is 25.9. The van der Waals surface area contributed by atoms with Crippen LogP contribution >= 0.6 is 0 Å². The minimum Gasteiger partial charge on any atom is -0.309 e. The molecule has 0 bridgehead atoms. The highest BCUT2D eigenvalue weighted by Gasteiger charge is 2.20. The molecule has 0 unspecified atom stereocenters. The summed E-state index contributed by atoms with van der Waals surface area (Å²) in [5.41, 5.74) is 13.4. The zero-order valence-corrected chi connectivity index (χ0v) is 25.9. The molecule has 2 aromatic heterocycles. The fraction of sp³-hybridized carbons (Fsp3) is 0.0227. The highest BCUT2D eigenvalue weighted by atomic mass is 15.0. The molecular formula is C44H29N3. The first-order chi connectivity index (χ1) is 23.2. The number of hydrogen-bond donors (Lipinski definition) is 0. The number of para-hydroxylation sites is 3. The van der Waals surface area contributed by atoms with E-state index in [1.54, 1.807) is 0 Å². The number of aryl methyl sites for hydroxylation is 1. The maximum absolute atomic E-state index is 9.76. The first-order valence-corrected chi connectivity index (χ1v) is 15.9. The Bertz CT molecular complexity index is 2700. The predicted octanol–water partition coefficient (Wildman–Crippen LogP) is 11.4. The lowest BCUT2D eigenvalue weighted by atomic mass is 9.92. The van der Waals surface area contributed by atoms with Gasteiger partial charge in [-0.2, -0.15) is 5.26 Å². The molecule has 9 rings (SSSR count). The van der Waals surface area contributed by atoms with Crippen LogP contribution in [0.1, 0.15) is 11.1 Å². The van der Waals surface area contributed by atoms with Crippen molar-refractivity contribution in [2.24, 2.45) is 0 Å². The van der Waals surface area contributed by atoms with E-state index in [4.69, 9.17) is 0 Å². The van der Waals surface area contributed by atoms with Gasteiger partial charge in [0.1, 0.15) is 0 Å². The van der Waals surface area contributed by atoms with E-state index in [1.165, 1.54) is 32.9 Å². The van der Waals surface area contributed by atoms with Crippen molar-refractivity contribution >= 4 is 43.6 Å². The lowest BCUT2D eigenvalue weighted by Gasteiger charge is -2.15. The molecule has 0 aliphatic carbocycles. The van der Waals surface area contributed by atoms with Gasteiger partial charge in [-0.1, -0.05) is 103 Å². The molecule has 0 saturated carbocycles. The van der Waals surface area contributed by atoms with Crippen molar-refractivity contribution < 1.29 is 0 Å². The van der Waals surface area contributed by atoms with Gasteiger partial charge in [0.25, 0.3) is 0 Å². The molecule has 9 aromatic rings. The molecule has 0 aliphatic rings. The summed E-state index contributed by atoms with van der Waals surface area (Å²) < 4.78 is 4.74. The molecule has 0 amide bonds. The van der Waals surface area contributed by atoms with Gasteiger partial charge in [-0.05, 0) is 83.8 Å². The second kappa shape index (κ2) is 10.6. The van der Waals surface area contributed by atoms with Crippen LogP contribution in [-0.2, 0) is 0 Å². The Balaban J connectivity index is 1.33. The van der Waals surface area contributed by atoms with E-state index in [1.807, 2.05) is 18.2 Å². The van der Waals surface area contributed by atoms with Gasteiger partial charge < -0.3 is 9.13 Å². The van der Waals surface area contributed by atoms with Crippen molar-refractivity contribution in [1.82, 2.24) is 9.13 Å². The first-order valence-electron chi connectivity index (χ1n) is 15.9. The van der Waals surface area contributed by atoms with E-state index >= 15 is 0 Å².